The summed E-state index contributed by atoms with van der Waals surface area (Å²) in [5.74, 6) is 0.892. The highest BCUT2D eigenvalue weighted by molar-refractivity contribution is 6.30. The van der Waals surface area contributed by atoms with Crippen LogP contribution in [-0.4, -0.2) is 51.8 Å². The van der Waals surface area contributed by atoms with Crippen molar-refractivity contribution in [3.05, 3.63) is 58.6 Å². The minimum atomic E-state index is 0.0434. The fourth-order valence-electron chi connectivity index (χ4n) is 3.19. The maximum absolute atomic E-state index is 12.2. The summed E-state index contributed by atoms with van der Waals surface area (Å²) in [6.45, 7) is 6.23. The van der Waals surface area contributed by atoms with Crippen molar-refractivity contribution >= 4 is 34.8 Å². The van der Waals surface area contributed by atoms with E-state index in [0.29, 0.717) is 23.2 Å². The number of halogens is 2. The van der Waals surface area contributed by atoms with E-state index in [4.69, 9.17) is 27.9 Å². The van der Waals surface area contributed by atoms with Crippen LogP contribution < -0.4 is 19.9 Å². The normalized spacial score (nSPS) is 19.5. The topological polar surface area (TPSA) is 47.2 Å². The van der Waals surface area contributed by atoms with Crippen molar-refractivity contribution < 1.29 is 19.3 Å². The first-order valence-corrected chi connectivity index (χ1v) is 9.95. The molecule has 0 radical (unpaired) electrons. The second-order valence-corrected chi connectivity index (χ2v) is 7.66. The third-order valence-corrected chi connectivity index (χ3v) is 5.24. The predicted molar refractivity (Wildman–Crippen MR) is 108 cm³/mol. The Labute approximate surface area is 169 Å². The second-order valence-electron chi connectivity index (χ2n) is 6.78. The summed E-state index contributed by atoms with van der Waals surface area (Å²) in [5.41, 5.74) is 0.785. The summed E-state index contributed by atoms with van der Waals surface area (Å²) in [7, 11) is 0. The van der Waals surface area contributed by atoms with Crippen molar-refractivity contribution in [2.24, 2.45) is 0 Å². The van der Waals surface area contributed by atoms with Crippen LogP contribution >= 0.6 is 23.2 Å². The maximum atomic E-state index is 12.2. The molecule has 1 heterocycles. The van der Waals surface area contributed by atoms with Gasteiger partial charge < -0.3 is 19.9 Å². The van der Waals surface area contributed by atoms with Crippen LogP contribution in [-0.2, 0) is 4.79 Å². The zero-order valence-electron chi connectivity index (χ0n) is 15.1. The van der Waals surface area contributed by atoms with Crippen molar-refractivity contribution in [1.82, 2.24) is 0 Å². The molecule has 3 N–H and O–H groups in total. The molecular formula is C20H25Cl2N3O2+2. The number of benzene rings is 2. The highest BCUT2D eigenvalue weighted by Crippen LogP contribution is 2.15. The molecule has 3 rings (SSSR count). The summed E-state index contributed by atoms with van der Waals surface area (Å²) in [6, 6.07) is 14.6. The summed E-state index contributed by atoms with van der Waals surface area (Å²) >= 11 is 11.7. The Balaban J connectivity index is 1.33. The van der Waals surface area contributed by atoms with Gasteiger partial charge in [-0.1, -0.05) is 23.2 Å². The van der Waals surface area contributed by atoms with Crippen molar-refractivity contribution in [1.29, 1.82) is 0 Å². The van der Waals surface area contributed by atoms with Gasteiger partial charge in [0.05, 0.1) is 0 Å². The first-order valence-electron chi connectivity index (χ1n) is 9.19. The lowest BCUT2D eigenvalue weighted by molar-refractivity contribution is -1.01. The van der Waals surface area contributed by atoms with Crippen LogP contribution in [0.25, 0.3) is 0 Å². The largest absolute Gasteiger partial charge is 0.488 e. The van der Waals surface area contributed by atoms with Gasteiger partial charge in [-0.05, 0) is 48.5 Å². The summed E-state index contributed by atoms with van der Waals surface area (Å²) < 4.78 is 5.77. The molecule has 1 amide bonds. The molecule has 144 valence electrons. The van der Waals surface area contributed by atoms with E-state index in [1.165, 1.54) is 9.80 Å². The molecule has 0 bridgehead atoms. The number of carbonyl (C=O) groups excluding carboxylic acids is 1. The number of piperazine rings is 1. The molecule has 1 aliphatic heterocycles. The smallest absolute Gasteiger partial charge is 0.279 e. The molecule has 0 unspecified atom stereocenters. The number of amides is 1. The van der Waals surface area contributed by atoms with Gasteiger partial charge in [0, 0.05) is 15.7 Å². The lowest BCUT2D eigenvalue weighted by Crippen LogP contribution is -3.28. The molecule has 0 atom stereocenters. The quantitative estimate of drug-likeness (QED) is 0.633. The SMILES string of the molecule is O=C(C[NH+]1CC[NH+](CCOc2ccc(Cl)cc2)CC1)Nc1ccc(Cl)cc1. The van der Waals surface area contributed by atoms with Gasteiger partial charge in [0.25, 0.3) is 5.91 Å². The number of rotatable bonds is 7. The first-order chi connectivity index (χ1) is 13.1. The van der Waals surface area contributed by atoms with E-state index >= 15 is 0 Å². The van der Waals surface area contributed by atoms with Gasteiger partial charge in [-0.2, -0.15) is 0 Å². The first kappa shape index (κ1) is 20.0. The minimum absolute atomic E-state index is 0.0434. The van der Waals surface area contributed by atoms with Crippen molar-refractivity contribution in [3.63, 3.8) is 0 Å². The van der Waals surface area contributed by atoms with Gasteiger partial charge in [-0.15, -0.1) is 0 Å². The van der Waals surface area contributed by atoms with Crippen LogP contribution in [0.3, 0.4) is 0 Å². The number of quaternary nitrogens is 2. The summed E-state index contributed by atoms with van der Waals surface area (Å²) in [5, 5.41) is 4.31. The molecular weight excluding hydrogens is 385 g/mol. The molecule has 2 aromatic carbocycles. The minimum Gasteiger partial charge on any atom is -0.488 e. The fraction of sp³-hybridized carbons (Fsp3) is 0.350. The van der Waals surface area contributed by atoms with E-state index < -0.39 is 0 Å². The van der Waals surface area contributed by atoms with E-state index in [9.17, 15) is 4.79 Å². The van der Waals surface area contributed by atoms with Crippen LogP contribution in [0, 0.1) is 0 Å². The van der Waals surface area contributed by atoms with E-state index in [1.54, 1.807) is 12.1 Å². The maximum Gasteiger partial charge on any atom is 0.279 e. The van der Waals surface area contributed by atoms with Gasteiger partial charge in [-0.3, -0.25) is 4.79 Å². The van der Waals surface area contributed by atoms with Crippen LogP contribution in [0.2, 0.25) is 10.0 Å². The van der Waals surface area contributed by atoms with Gasteiger partial charge in [-0.25, -0.2) is 0 Å². The fourth-order valence-corrected chi connectivity index (χ4v) is 3.45. The molecule has 0 saturated carbocycles. The molecule has 2 aromatic rings. The second kappa shape index (κ2) is 9.95. The zero-order valence-corrected chi connectivity index (χ0v) is 16.7. The zero-order chi connectivity index (χ0) is 19.1. The third kappa shape index (κ3) is 6.70. The van der Waals surface area contributed by atoms with Gasteiger partial charge >= 0.3 is 0 Å². The van der Waals surface area contributed by atoms with Gasteiger partial charge in [0.15, 0.2) is 6.54 Å². The van der Waals surface area contributed by atoms with Gasteiger partial charge in [0.1, 0.15) is 45.1 Å². The third-order valence-electron chi connectivity index (χ3n) is 4.74. The molecule has 1 saturated heterocycles. The Hall–Kier alpha value is -1.79. The highest BCUT2D eigenvalue weighted by Gasteiger charge is 2.24. The van der Waals surface area contributed by atoms with E-state index in [0.717, 1.165) is 44.2 Å². The van der Waals surface area contributed by atoms with E-state index in [-0.39, 0.29) is 5.91 Å². The average Bonchev–Trinajstić information content (AvgIpc) is 2.67. The Morgan fingerprint density at radius 3 is 2.07 bits per heavy atom. The molecule has 7 heteroatoms. The Bertz CT molecular complexity index is 730. The summed E-state index contributed by atoms with van der Waals surface area (Å²) in [4.78, 5) is 15.0. The molecule has 0 aromatic heterocycles. The van der Waals surface area contributed by atoms with Crippen molar-refractivity contribution in [3.8, 4) is 5.75 Å². The monoisotopic (exact) mass is 409 g/mol. The van der Waals surface area contributed by atoms with Crippen LogP contribution in [0.4, 0.5) is 5.69 Å². The molecule has 0 aliphatic carbocycles. The number of hydrogen-bond donors (Lipinski definition) is 3. The lowest BCUT2D eigenvalue weighted by Gasteiger charge is -2.29. The van der Waals surface area contributed by atoms with Crippen LogP contribution in [0.1, 0.15) is 0 Å². The predicted octanol–water partition coefficient (Wildman–Crippen LogP) is 0.794. The standard InChI is InChI=1S/C20H23Cl2N3O2/c21-16-1-5-18(6-2-16)23-20(26)15-25-11-9-24(10-12-25)13-14-27-19-7-3-17(22)4-8-19/h1-8H,9-15H2,(H,23,26)/p+2. The van der Waals surface area contributed by atoms with Crippen molar-refractivity contribution in [2.45, 2.75) is 0 Å². The van der Waals surface area contributed by atoms with E-state index in [2.05, 4.69) is 5.32 Å². The number of ether oxygens (including phenoxy) is 1. The Morgan fingerprint density at radius 1 is 0.889 bits per heavy atom. The Morgan fingerprint density at radius 2 is 1.44 bits per heavy atom. The van der Waals surface area contributed by atoms with Crippen molar-refractivity contribution in [2.75, 3.05) is 51.2 Å². The Kier molecular flexibility index (Phi) is 7.35. The molecule has 0 spiro atoms. The van der Waals surface area contributed by atoms with E-state index in [1.807, 2.05) is 36.4 Å². The average molecular weight is 410 g/mol. The number of anilines is 1. The number of hydrogen-bond acceptors (Lipinski definition) is 2. The molecule has 1 fully saturated rings. The molecule has 27 heavy (non-hydrogen) atoms. The highest BCUT2D eigenvalue weighted by atomic mass is 35.5. The number of carbonyl (C=O) groups is 1. The molecule has 1 aliphatic rings. The van der Waals surface area contributed by atoms with Crippen LogP contribution in [0.5, 0.6) is 5.75 Å². The van der Waals surface area contributed by atoms with Gasteiger partial charge in [0.2, 0.25) is 0 Å². The van der Waals surface area contributed by atoms with Crippen LogP contribution in [0.15, 0.2) is 48.5 Å². The molecule has 5 nitrogen and oxygen atoms in total. The summed E-state index contributed by atoms with van der Waals surface area (Å²) in [6.07, 6.45) is 0. The lowest BCUT2D eigenvalue weighted by atomic mass is 10.3. The number of nitrogens with one attached hydrogen (secondary N) is 3.